The third-order valence-electron chi connectivity index (χ3n) is 2.49. The summed E-state index contributed by atoms with van der Waals surface area (Å²) in [4.78, 5) is 13.3. The molecule has 0 atom stereocenters. The number of carbonyl (C=O) groups excluding carboxylic acids is 1. The monoisotopic (exact) mass is 266 g/mol. The van der Waals surface area contributed by atoms with Crippen LogP contribution < -0.4 is 0 Å². The molecule has 1 aliphatic heterocycles. The molecule has 0 amide bonds. The smallest absolute Gasteiger partial charge is 0.340 e. The predicted molar refractivity (Wildman–Crippen MR) is 66.4 cm³/mol. The van der Waals surface area contributed by atoms with Crippen LogP contribution in [-0.4, -0.2) is 12.6 Å². The van der Waals surface area contributed by atoms with Gasteiger partial charge in [-0.2, -0.15) is 4.39 Å². The van der Waals surface area contributed by atoms with Crippen LogP contribution in [0.4, 0.5) is 4.39 Å². The minimum Gasteiger partial charge on any atom is -0.457 e. The van der Waals surface area contributed by atoms with Crippen molar-refractivity contribution in [1.82, 2.24) is 0 Å². The van der Waals surface area contributed by atoms with Crippen molar-refractivity contribution < 1.29 is 13.9 Å². The van der Waals surface area contributed by atoms with Crippen LogP contribution >= 0.6 is 22.7 Å². The Labute approximate surface area is 105 Å². The van der Waals surface area contributed by atoms with E-state index in [1.807, 2.05) is 17.5 Å². The lowest BCUT2D eigenvalue weighted by molar-refractivity contribution is -0.133. The molecule has 0 aromatic carbocycles. The van der Waals surface area contributed by atoms with Crippen molar-refractivity contribution in [3.63, 3.8) is 0 Å². The molecule has 0 saturated carbocycles. The van der Waals surface area contributed by atoms with Gasteiger partial charge in [0.1, 0.15) is 6.61 Å². The molecule has 0 N–H and O–H groups in total. The molecule has 2 aromatic heterocycles. The Morgan fingerprint density at radius 2 is 2.12 bits per heavy atom. The van der Waals surface area contributed by atoms with Gasteiger partial charge in [-0.25, -0.2) is 4.79 Å². The topological polar surface area (TPSA) is 26.3 Å². The Balaban J connectivity index is 2.15. The fourth-order valence-electron chi connectivity index (χ4n) is 1.75. The first-order valence-corrected chi connectivity index (χ1v) is 6.65. The van der Waals surface area contributed by atoms with E-state index in [0.29, 0.717) is 5.57 Å². The number of esters is 1. The average molecular weight is 266 g/mol. The number of carbonyl (C=O) groups is 1. The van der Waals surface area contributed by atoms with Gasteiger partial charge in [0.05, 0.1) is 5.57 Å². The minimum absolute atomic E-state index is 0.228. The normalized spacial score (nSPS) is 15.5. The summed E-state index contributed by atoms with van der Waals surface area (Å²) in [7, 11) is 0. The number of ether oxygens (including phenoxy) is 1. The number of halogens is 1. The molecule has 0 spiro atoms. The summed E-state index contributed by atoms with van der Waals surface area (Å²) in [5.74, 6) is -0.323. The predicted octanol–water partition coefficient (Wildman–Crippen LogP) is 3.42. The van der Waals surface area contributed by atoms with Crippen molar-refractivity contribution in [1.29, 1.82) is 0 Å². The van der Waals surface area contributed by atoms with E-state index in [9.17, 15) is 9.18 Å². The number of hydrogen-bond acceptors (Lipinski definition) is 4. The molecule has 17 heavy (non-hydrogen) atoms. The molecule has 86 valence electrons. The molecular weight excluding hydrogens is 259 g/mol. The van der Waals surface area contributed by atoms with Gasteiger partial charge in [-0.3, -0.25) is 0 Å². The summed E-state index contributed by atoms with van der Waals surface area (Å²) in [6.07, 6.45) is 0. The second-order valence-corrected chi connectivity index (χ2v) is 5.49. The molecule has 1 aliphatic rings. The zero-order valence-corrected chi connectivity index (χ0v) is 10.2. The lowest BCUT2D eigenvalue weighted by atomic mass is 10.1. The van der Waals surface area contributed by atoms with Crippen molar-refractivity contribution in [2.45, 2.75) is 0 Å². The number of rotatable bonds is 2. The van der Waals surface area contributed by atoms with E-state index in [2.05, 4.69) is 0 Å². The number of cyclic esters (lactones) is 1. The fraction of sp³-hybridized carbons (Fsp3) is 0.0833. The summed E-state index contributed by atoms with van der Waals surface area (Å²) in [5.41, 5.74) is 1.35. The first-order valence-electron chi connectivity index (χ1n) is 4.95. The highest BCUT2D eigenvalue weighted by molar-refractivity contribution is 7.12. The van der Waals surface area contributed by atoms with Crippen molar-refractivity contribution in [2.75, 3.05) is 6.61 Å². The van der Waals surface area contributed by atoms with Crippen LogP contribution in [0, 0.1) is 5.13 Å². The maximum absolute atomic E-state index is 13.0. The first-order chi connectivity index (χ1) is 8.25. The van der Waals surface area contributed by atoms with Crippen LogP contribution in [0.15, 0.2) is 29.6 Å². The van der Waals surface area contributed by atoms with Gasteiger partial charge in [-0.1, -0.05) is 6.07 Å². The zero-order chi connectivity index (χ0) is 11.8. The summed E-state index contributed by atoms with van der Waals surface area (Å²) in [5, 5.41) is 1.65. The van der Waals surface area contributed by atoms with Crippen LogP contribution in [0.3, 0.4) is 0 Å². The Hall–Kier alpha value is -1.46. The molecule has 3 heterocycles. The molecule has 0 bridgehead atoms. The van der Waals surface area contributed by atoms with Crippen molar-refractivity contribution in [3.05, 3.63) is 44.5 Å². The molecule has 5 heteroatoms. The molecule has 0 radical (unpaired) electrons. The van der Waals surface area contributed by atoms with E-state index in [-0.39, 0.29) is 17.7 Å². The number of thiophene rings is 2. The second-order valence-electron chi connectivity index (χ2n) is 3.51. The lowest BCUT2D eigenvalue weighted by Gasteiger charge is -1.97. The average Bonchev–Trinajstić information content (AvgIpc) is 2.97. The van der Waals surface area contributed by atoms with E-state index in [1.54, 1.807) is 6.07 Å². The van der Waals surface area contributed by atoms with Gasteiger partial charge >= 0.3 is 5.97 Å². The van der Waals surface area contributed by atoms with E-state index >= 15 is 0 Å². The van der Waals surface area contributed by atoms with Gasteiger partial charge < -0.3 is 4.74 Å². The number of hydrogen-bond donors (Lipinski definition) is 0. The minimum atomic E-state index is -0.323. The molecule has 2 aromatic rings. The second kappa shape index (κ2) is 4.09. The Kier molecular flexibility index (Phi) is 2.57. The maximum Gasteiger partial charge on any atom is 0.340 e. The van der Waals surface area contributed by atoms with Crippen molar-refractivity contribution >= 4 is 39.8 Å². The van der Waals surface area contributed by atoms with Crippen LogP contribution in [0.1, 0.15) is 9.75 Å². The third-order valence-corrected chi connectivity index (χ3v) is 4.31. The summed E-state index contributed by atoms with van der Waals surface area (Å²) < 4.78 is 18.1. The molecule has 0 unspecified atom stereocenters. The van der Waals surface area contributed by atoms with Gasteiger partial charge in [0, 0.05) is 15.3 Å². The molecule has 0 fully saturated rings. The van der Waals surface area contributed by atoms with Crippen LogP contribution in [0.25, 0.3) is 11.1 Å². The SMILES string of the molecule is O=C1OCC(c2ccc(F)s2)=C1c1cccs1. The third kappa shape index (κ3) is 1.81. The molecule has 0 aliphatic carbocycles. The van der Waals surface area contributed by atoms with Gasteiger partial charge in [0.25, 0.3) is 0 Å². The van der Waals surface area contributed by atoms with Crippen LogP contribution in [0.2, 0.25) is 0 Å². The zero-order valence-electron chi connectivity index (χ0n) is 8.60. The molecule has 3 rings (SSSR count). The summed E-state index contributed by atoms with van der Waals surface area (Å²) in [6.45, 7) is 0.228. The van der Waals surface area contributed by atoms with E-state index in [0.717, 1.165) is 26.7 Å². The van der Waals surface area contributed by atoms with E-state index in [4.69, 9.17) is 4.74 Å². The Morgan fingerprint density at radius 1 is 1.24 bits per heavy atom. The largest absolute Gasteiger partial charge is 0.457 e. The summed E-state index contributed by atoms with van der Waals surface area (Å²) in [6, 6.07) is 6.84. The van der Waals surface area contributed by atoms with Gasteiger partial charge in [0.15, 0.2) is 5.13 Å². The first kappa shape index (κ1) is 10.7. The van der Waals surface area contributed by atoms with Crippen LogP contribution in [-0.2, 0) is 9.53 Å². The highest BCUT2D eigenvalue weighted by Gasteiger charge is 2.28. The van der Waals surface area contributed by atoms with Crippen molar-refractivity contribution in [2.24, 2.45) is 0 Å². The quantitative estimate of drug-likeness (QED) is 0.779. The van der Waals surface area contributed by atoms with Gasteiger partial charge in [-0.05, 0) is 23.6 Å². The Morgan fingerprint density at radius 3 is 2.76 bits per heavy atom. The maximum atomic E-state index is 13.0. The Bertz CT molecular complexity index is 596. The lowest BCUT2D eigenvalue weighted by Crippen LogP contribution is -1.96. The van der Waals surface area contributed by atoms with E-state index in [1.165, 1.54) is 17.4 Å². The van der Waals surface area contributed by atoms with Gasteiger partial charge in [0.2, 0.25) is 0 Å². The van der Waals surface area contributed by atoms with E-state index < -0.39 is 0 Å². The highest BCUT2D eigenvalue weighted by Crippen LogP contribution is 2.37. The standard InChI is InChI=1S/C12H7FO2S2/c13-10-4-3-8(17-10)7-6-15-12(14)11(7)9-2-1-5-16-9/h1-5H,6H2. The fourth-order valence-corrected chi connectivity index (χ4v) is 3.30. The molecule has 0 saturated heterocycles. The van der Waals surface area contributed by atoms with Gasteiger partial charge in [-0.15, -0.1) is 22.7 Å². The summed E-state index contributed by atoms with van der Waals surface area (Å²) >= 11 is 2.52. The molecular formula is C12H7FO2S2. The van der Waals surface area contributed by atoms with Crippen LogP contribution in [0.5, 0.6) is 0 Å². The molecule has 2 nitrogen and oxygen atoms in total. The van der Waals surface area contributed by atoms with Crippen molar-refractivity contribution in [3.8, 4) is 0 Å². The highest BCUT2D eigenvalue weighted by atomic mass is 32.1.